The zero-order valence-corrected chi connectivity index (χ0v) is 20.8. The van der Waals surface area contributed by atoms with Gasteiger partial charge in [-0.2, -0.15) is 4.31 Å². The van der Waals surface area contributed by atoms with E-state index in [-0.39, 0.29) is 22.8 Å². The van der Waals surface area contributed by atoms with Gasteiger partial charge in [0.25, 0.3) is 0 Å². The number of rotatable bonds is 7. The summed E-state index contributed by atoms with van der Waals surface area (Å²) < 4.78 is 33.1. The van der Waals surface area contributed by atoms with E-state index in [2.05, 4.69) is 25.2 Å². The van der Waals surface area contributed by atoms with E-state index >= 15 is 0 Å². The van der Waals surface area contributed by atoms with Gasteiger partial charge in [0.15, 0.2) is 0 Å². The average molecular weight is 479 g/mol. The highest BCUT2D eigenvalue weighted by Crippen LogP contribution is 2.33. The van der Waals surface area contributed by atoms with Crippen molar-refractivity contribution in [2.24, 2.45) is 0 Å². The molecule has 0 bridgehead atoms. The second-order valence-corrected chi connectivity index (χ2v) is 10.9. The summed E-state index contributed by atoms with van der Waals surface area (Å²) in [6, 6.07) is 9.08. The number of carbonyl (C=O) groups excluding carboxylic acids is 1. The fourth-order valence-corrected chi connectivity index (χ4v) is 6.01. The van der Waals surface area contributed by atoms with Gasteiger partial charge in [0.05, 0.1) is 18.0 Å². The molecule has 6 nitrogen and oxygen atoms in total. The van der Waals surface area contributed by atoms with Crippen LogP contribution in [0.15, 0.2) is 41.3 Å². The standard InChI is InChI=1S/C24H31ClN2O4S/c1-15(2)20-14-21(16(3)13-23(20)31-5)17(4)26-24(28)22-7-6-12-27(22)32(29,30)19-10-8-18(25)9-11-19/h8-11,13-15,17,22H,6-7,12H2,1-5H3,(H,26,28). The molecular weight excluding hydrogens is 448 g/mol. The van der Waals surface area contributed by atoms with E-state index in [9.17, 15) is 13.2 Å². The Kier molecular flexibility index (Phi) is 7.53. The molecule has 2 aromatic rings. The molecule has 1 aliphatic rings. The Balaban J connectivity index is 1.82. The Labute approximate surface area is 196 Å². The summed E-state index contributed by atoms with van der Waals surface area (Å²) in [5, 5.41) is 3.50. The highest BCUT2D eigenvalue weighted by atomic mass is 35.5. The van der Waals surface area contributed by atoms with Crippen molar-refractivity contribution in [1.29, 1.82) is 0 Å². The van der Waals surface area contributed by atoms with Crippen LogP contribution >= 0.6 is 11.6 Å². The Morgan fingerprint density at radius 3 is 2.41 bits per heavy atom. The van der Waals surface area contributed by atoms with Crippen LogP contribution in [0, 0.1) is 6.92 Å². The van der Waals surface area contributed by atoms with Gasteiger partial charge in [-0.05, 0) is 85.7 Å². The molecule has 0 radical (unpaired) electrons. The minimum absolute atomic E-state index is 0.141. The third-order valence-corrected chi connectivity index (χ3v) is 8.17. The molecule has 2 aromatic carbocycles. The molecule has 3 rings (SSSR count). The van der Waals surface area contributed by atoms with E-state index in [4.69, 9.17) is 16.3 Å². The fourth-order valence-electron chi connectivity index (χ4n) is 4.23. The lowest BCUT2D eigenvalue weighted by atomic mass is 9.93. The lowest BCUT2D eigenvalue weighted by molar-refractivity contribution is -0.124. The first-order chi connectivity index (χ1) is 15.1. The minimum atomic E-state index is -3.79. The highest BCUT2D eigenvalue weighted by molar-refractivity contribution is 7.89. The first-order valence-electron chi connectivity index (χ1n) is 10.8. The van der Waals surface area contributed by atoms with Crippen LogP contribution in [0.5, 0.6) is 5.75 Å². The number of nitrogens with zero attached hydrogens (tertiary/aromatic N) is 1. The smallest absolute Gasteiger partial charge is 0.243 e. The molecule has 1 heterocycles. The van der Waals surface area contributed by atoms with Crippen LogP contribution in [-0.2, 0) is 14.8 Å². The summed E-state index contributed by atoms with van der Waals surface area (Å²) in [6.07, 6.45) is 1.13. The van der Waals surface area contributed by atoms with Crippen LogP contribution in [0.3, 0.4) is 0 Å². The molecule has 8 heteroatoms. The number of aryl methyl sites for hydroxylation is 1. The van der Waals surface area contributed by atoms with Crippen molar-refractivity contribution in [2.45, 2.75) is 63.4 Å². The lowest BCUT2D eigenvalue weighted by Gasteiger charge is -2.26. The van der Waals surface area contributed by atoms with Crippen molar-refractivity contribution in [3.63, 3.8) is 0 Å². The van der Waals surface area contributed by atoms with Crippen LogP contribution in [0.4, 0.5) is 0 Å². The monoisotopic (exact) mass is 478 g/mol. The predicted molar refractivity (Wildman–Crippen MR) is 127 cm³/mol. The maximum atomic E-state index is 13.2. The van der Waals surface area contributed by atoms with Gasteiger partial charge in [-0.15, -0.1) is 0 Å². The maximum absolute atomic E-state index is 13.2. The first kappa shape index (κ1) is 24.6. The number of amides is 1. The minimum Gasteiger partial charge on any atom is -0.496 e. The van der Waals surface area contributed by atoms with E-state index in [1.54, 1.807) is 19.2 Å². The molecule has 1 fully saturated rings. The summed E-state index contributed by atoms with van der Waals surface area (Å²) in [4.78, 5) is 13.3. The Morgan fingerprint density at radius 2 is 1.81 bits per heavy atom. The van der Waals surface area contributed by atoms with E-state index < -0.39 is 16.1 Å². The molecule has 1 aliphatic heterocycles. The molecule has 174 valence electrons. The molecule has 32 heavy (non-hydrogen) atoms. The molecule has 0 aliphatic carbocycles. The van der Waals surface area contributed by atoms with Gasteiger partial charge >= 0.3 is 0 Å². The largest absolute Gasteiger partial charge is 0.496 e. The Hall–Kier alpha value is -2.09. The molecule has 2 atom stereocenters. The topological polar surface area (TPSA) is 75.7 Å². The van der Waals surface area contributed by atoms with Gasteiger partial charge < -0.3 is 10.1 Å². The van der Waals surface area contributed by atoms with Crippen molar-refractivity contribution in [3.05, 3.63) is 58.1 Å². The van der Waals surface area contributed by atoms with Gasteiger partial charge in [0, 0.05) is 11.6 Å². The highest BCUT2D eigenvalue weighted by Gasteiger charge is 2.39. The third kappa shape index (κ3) is 4.95. The molecule has 1 saturated heterocycles. The van der Waals surface area contributed by atoms with Crippen molar-refractivity contribution in [1.82, 2.24) is 9.62 Å². The van der Waals surface area contributed by atoms with Gasteiger partial charge in [0.2, 0.25) is 15.9 Å². The van der Waals surface area contributed by atoms with E-state index in [0.29, 0.717) is 24.4 Å². The molecular formula is C24H31ClN2O4S. The molecule has 2 unspecified atom stereocenters. The van der Waals surface area contributed by atoms with Crippen LogP contribution in [-0.4, -0.2) is 38.3 Å². The van der Waals surface area contributed by atoms with Gasteiger partial charge in [-0.3, -0.25) is 4.79 Å². The second kappa shape index (κ2) is 9.81. The fraction of sp³-hybridized carbons (Fsp3) is 0.458. The number of halogens is 1. The number of ether oxygens (including phenoxy) is 1. The number of nitrogens with one attached hydrogen (secondary N) is 1. The Bertz CT molecular complexity index is 1080. The van der Waals surface area contributed by atoms with Gasteiger partial charge in [-0.25, -0.2) is 8.42 Å². The summed E-state index contributed by atoms with van der Waals surface area (Å²) >= 11 is 5.90. The Morgan fingerprint density at radius 1 is 1.16 bits per heavy atom. The number of benzene rings is 2. The zero-order chi connectivity index (χ0) is 23.6. The maximum Gasteiger partial charge on any atom is 0.243 e. The first-order valence-corrected chi connectivity index (χ1v) is 12.6. The van der Waals surface area contributed by atoms with Crippen molar-refractivity contribution >= 4 is 27.5 Å². The molecule has 1 amide bonds. The quantitative estimate of drug-likeness (QED) is 0.619. The van der Waals surface area contributed by atoms with Crippen molar-refractivity contribution < 1.29 is 17.9 Å². The molecule has 1 N–H and O–H groups in total. The normalized spacial score (nSPS) is 18.0. The summed E-state index contributed by atoms with van der Waals surface area (Å²) in [7, 11) is -2.13. The third-order valence-electron chi connectivity index (χ3n) is 5.99. The van der Waals surface area contributed by atoms with Crippen molar-refractivity contribution in [3.8, 4) is 5.75 Å². The van der Waals surface area contributed by atoms with Gasteiger partial charge in [-0.1, -0.05) is 25.4 Å². The van der Waals surface area contributed by atoms with Crippen molar-refractivity contribution in [2.75, 3.05) is 13.7 Å². The summed E-state index contributed by atoms with van der Waals surface area (Å²) in [5.41, 5.74) is 3.08. The molecule has 0 aromatic heterocycles. The van der Waals surface area contributed by atoms with Crippen LogP contribution < -0.4 is 10.1 Å². The molecule has 0 spiro atoms. The van der Waals surface area contributed by atoms with E-state index in [1.807, 2.05) is 19.9 Å². The number of carbonyl (C=O) groups is 1. The summed E-state index contributed by atoms with van der Waals surface area (Å²) in [6.45, 7) is 8.41. The molecule has 0 saturated carbocycles. The average Bonchev–Trinajstić information content (AvgIpc) is 3.24. The summed E-state index contributed by atoms with van der Waals surface area (Å²) in [5.74, 6) is 0.812. The number of hydrogen-bond donors (Lipinski definition) is 1. The number of methoxy groups -OCH3 is 1. The zero-order valence-electron chi connectivity index (χ0n) is 19.2. The lowest BCUT2D eigenvalue weighted by Crippen LogP contribution is -2.46. The van der Waals surface area contributed by atoms with Crippen LogP contribution in [0.1, 0.15) is 62.3 Å². The number of sulfonamides is 1. The number of hydrogen-bond acceptors (Lipinski definition) is 4. The van der Waals surface area contributed by atoms with Crippen LogP contribution in [0.2, 0.25) is 5.02 Å². The van der Waals surface area contributed by atoms with Gasteiger partial charge in [0.1, 0.15) is 11.8 Å². The van der Waals surface area contributed by atoms with Crippen LogP contribution in [0.25, 0.3) is 0 Å². The predicted octanol–water partition coefficient (Wildman–Crippen LogP) is 4.81. The van der Waals surface area contributed by atoms with E-state index in [1.165, 1.54) is 16.4 Å². The van der Waals surface area contributed by atoms with E-state index in [0.717, 1.165) is 22.4 Å². The second-order valence-electron chi connectivity index (χ2n) is 8.56. The SMILES string of the molecule is COc1cc(C)c(C(C)NC(=O)C2CCCN2S(=O)(=O)c2ccc(Cl)cc2)cc1C(C)C.